The molecule has 2 aromatic rings. The molecule has 0 saturated carbocycles. The minimum Gasteiger partial charge on any atom is -0.356 e. The average Bonchev–Trinajstić information content (AvgIpc) is 3.25. The summed E-state index contributed by atoms with van der Waals surface area (Å²) >= 11 is 0. The first kappa shape index (κ1) is 20.7. The number of hydrogen-bond acceptors (Lipinski definition) is 2. The number of aryl methyl sites for hydroxylation is 2. The fourth-order valence-corrected chi connectivity index (χ4v) is 3.47. The van der Waals surface area contributed by atoms with Gasteiger partial charge in [0.15, 0.2) is 5.96 Å². The van der Waals surface area contributed by atoms with E-state index in [1.807, 2.05) is 25.0 Å². The van der Waals surface area contributed by atoms with E-state index in [1.165, 1.54) is 16.7 Å². The summed E-state index contributed by atoms with van der Waals surface area (Å²) in [5, 5.41) is 7.86. The summed E-state index contributed by atoms with van der Waals surface area (Å²) in [6.45, 7) is 7.32. The van der Waals surface area contributed by atoms with Crippen molar-refractivity contribution in [1.82, 2.24) is 20.0 Å². The van der Waals surface area contributed by atoms with Crippen molar-refractivity contribution in [1.29, 1.82) is 0 Å². The number of halogens is 1. The predicted molar refractivity (Wildman–Crippen MR) is 119 cm³/mol. The van der Waals surface area contributed by atoms with E-state index >= 15 is 0 Å². The Bertz CT molecular complexity index is 722. The van der Waals surface area contributed by atoms with Crippen LogP contribution in [-0.2, 0) is 7.05 Å². The van der Waals surface area contributed by atoms with E-state index in [-0.39, 0.29) is 24.0 Å². The molecular formula is C20H30IN5. The number of guanidine groups is 1. The highest BCUT2D eigenvalue weighted by Gasteiger charge is 2.27. The topological polar surface area (TPSA) is 45.5 Å². The molecule has 26 heavy (non-hydrogen) atoms. The Hall–Kier alpha value is -1.57. The molecule has 3 rings (SSSR count). The molecule has 142 valence electrons. The monoisotopic (exact) mass is 467 g/mol. The maximum Gasteiger partial charge on any atom is 0.193 e. The van der Waals surface area contributed by atoms with E-state index in [0.29, 0.717) is 11.8 Å². The van der Waals surface area contributed by atoms with Crippen LogP contribution in [0.4, 0.5) is 0 Å². The SMILES string of the molecule is CN=C(NCC(C)c1ccc(C)cc1)N1CCC(c2cnn(C)c2)C1.I. The van der Waals surface area contributed by atoms with Gasteiger partial charge in [-0.15, -0.1) is 24.0 Å². The highest BCUT2D eigenvalue weighted by Crippen LogP contribution is 2.26. The molecule has 0 radical (unpaired) electrons. The van der Waals surface area contributed by atoms with Crippen LogP contribution in [0.2, 0.25) is 0 Å². The predicted octanol–water partition coefficient (Wildman–Crippen LogP) is 3.51. The van der Waals surface area contributed by atoms with E-state index in [2.05, 4.69) is 64.6 Å². The Morgan fingerprint density at radius 3 is 2.69 bits per heavy atom. The lowest BCUT2D eigenvalue weighted by Crippen LogP contribution is -2.41. The molecule has 6 heteroatoms. The Morgan fingerprint density at radius 2 is 2.08 bits per heavy atom. The highest BCUT2D eigenvalue weighted by atomic mass is 127. The third-order valence-corrected chi connectivity index (χ3v) is 5.11. The zero-order chi connectivity index (χ0) is 17.8. The van der Waals surface area contributed by atoms with Crippen LogP contribution in [0.5, 0.6) is 0 Å². The number of benzene rings is 1. The molecule has 0 bridgehead atoms. The maximum atomic E-state index is 4.49. The van der Waals surface area contributed by atoms with Crippen LogP contribution in [0, 0.1) is 6.92 Å². The van der Waals surface area contributed by atoms with Gasteiger partial charge in [0.1, 0.15) is 0 Å². The van der Waals surface area contributed by atoms with E-state index in [1.54, 1.807) is 0 Å². The Balaban J connectivity index is 0.00000243. The van der Waals surface area contributed by atoms with Gasteiger partial charge in [-0.05, 0) is 30.4 Å². The first-order valence-corrected chi connectivity index (χ1v) is 9.07. The standard InChI is InChI=1S/C20H29N5.HI/c1-15-5-7-17(8-6-15)16(2)11-22-20(21-3)25-10-9-18(14-25)19-12-23-24(4)13-19;/h5-8,12-13,16,18H,9-11,14H2,1-4H3,(H,21,22);1H. The molecule has 2 heterocycles. The molecule has 0 amide bonds. The number of nitrogens with one attached hydrogen (secondary N) is 1. The molecule has 5 nitrogen and oxygen atoms in total. The summed E-state index contributed by atoms with van der Waals surface area (Å²) in [7, 11) is 3.85. The summed E-state index contributed by atoms with van der Waals surface area (Å²) in [5.41, 5.74) is 4.00. The van der Waals surface area contributed by atoms with E-state index in [0.717, 1.165) is 32.0 Å². The fraction of sp³-hybridized carbons (Fsp3) is 0.500. The Labute approximate surface area is 173 Å². The molecule has 1 aliphatic rings. The lowest BCUT2D eigenvalue weighted by Gasteiger charge is -2.23. The molecule has 1 saturated heterocycles. The lowest BCUT2D eigenvalue weighted by molar-refractivity contribution is 0.482. The van der Waals surface area contributed by atoms with Crippen LogP contribution in [0.3, 0.4) is 0 Å². The van der Waals surface area contributed by atoms with E-state index in [9.17, 15) is 0 Å². The number of nitrogens with zero attached hydrogens (tertiary/aromatic N) is 4. The Kier molecular flexibility index (Phi) is 7.49. The second-order valence-corrected chi connectivity index (χ2v) is 7.12. The number of aliphatic imine (C=N–C) groups is 1. The lowest BCUT2D eigenvalue weighted by atomic mass is 10.0. The van der Waals surface area contributed by atoms with Gasteiger partial charge in [0, 0.05) is 45.8 Å². The highest BCUT2D eigenvalue weighted by molar-refractivity contribution is 14.0. The van der Waals surface area contributed by atoms with E-state index < -0.39 is 0 Å². The van der Waals surface area contributed by atoms with Gasteiger partial charge in [-0.2, -0.15) is 5.10 Å². The number of aromatic nitrogens is 2. The molecule has 1 aliphatic heterocycles. The zero-order valence-corrected chi connectivity index (χ0v) is 18.5. The molecule has 0 spiro atoms. The van der Waals surface area contributed by atoms with Gasteiger partial charge in [0.25, 0.3) is 0 Å². The minimum absolute atomic E-state index is 0. The third-order valence-electron chi connectivity index (χ3n) is 5.11. The van der Waals surface area contributed by atoms with Gasteiger partial charge in [0.05, 0.1) is 6.20 Å². The van der Waals surface area contributed by atoms with Crippen LogP contribution in [0.1, 0.15) is 41.9 Å². The van der Waals surface area contributed by atoms with Crippen molar-refractivity contribution in [3.63, 3.8) is 0 Å². The summed E-state index contributed by atoms with van der Waals surface area (Å²) in [5.74, 6) is 2.00. The number of likely N-dealkylation sites (tertiary alicyclic amines) is 1. The third kappa shape index (κ3) is 4.99. The first-order chi connectivity index (χ1) is 12.1. The molecule has 2 unspecified atom stereocenters. The van der Waals surface area contributed by atoms with Crippen molar-refractivity contribution < 1.29 is 0 Å². The van der Waals surface area contributed by atoms with E-state index in [4.69, 9.17) is 0 Å². The van der Waals surface area contributed by atoms with Crippen molar-refractivity contribution in [2.75, 3.05) is 26.7 Å². The van der Waals surface area contributed by atoms with Crippen molar-refractivity contribution in [2.45, 2.75) is 32.1 Å². The molecule has 0 aliphatic carbocycles. The van der Waals surface area contributed by atoms with Crippen LogP contribution in [0.25, 0.3) is 0 Å². The molecular weight excluding hydrogens is 437 g/mol. The second-order valence-electron chi connectivity index (χ2n) is 7.12. The van der Waals surface area contributed by atoms with Gasteiger partial charge in [-0.1, -0.05) is 36.8 Å². The van der Waals surface area contributed by atoms with Crippen LogP contribution in [0.15, 0.2) is 41.7 Å². The largest absolute Gasteiger partial charge is 0.356 e. The molecule has 1 N–H and O–H groups in total. The van der Waals surface area contributed by atoms with Gasteiger partial charge in [-0.25, -0.2) is 0 Å². The molecule has 1 aromatic heterocycles. The molecule has 1 aromatic carbocycles. The second kappa shape index (κ2) is 9.39. The van der Waals surface area contributed by atoms with Crippen LogP contribution < -0.4 is 5.32 Å². The van der Waals surface area contributed by atoms with Crippen molar-refractivity contribution in [3.05, 3.63) is 53.3 Å². The molecule has 2 atom stereocenters. The van der Waals surface area contributed by atoms with Crippen molar-refractivity contribution in [3.8, 4) is 0 Å². The Morgan fingerprint density at radius 1 is 1.35 bits per heavy atom. The normalized spacial score (nSPS) is 18.5. The van der Waals surface area contributed by atoms with Gasteiger partial charge in [-0.3, -0.25) is 9.67 Å². The van der Waals surface area contributed by atoms with Gasteiger partial charge < -0.3 is 10.2 Å². The van der Waals surface area contributed by atoms with Crippen LogP contribution in [-0.4, -0.2) is 47.3 Å². The fourth-order valence-electron chi connectivity index (χ4n) is 3.47. The summed E-state index contributed by atoms with van der Waals surface area (Å²) in [6.07, 6.45) is 5.27. The summed E-state index contributed by atoms with van der Waals surface area (Å²) in [4.78, 5) is 6.85. The maximum absolute atomic E-state index is 4.49. The first-order valence-electron chi connectivity index (χ1n) is 9.07. The number of hydrogen-bond donors (Lipinski definition) is 1. The summed E-state index contributed by atoms with van der Waals surface area (Å²) in [6, 6.07) is 8.80. The van der Waals surface area contributed by atoms with Crippen molar-refractivity contribution >= 4 is 29.9 Å². The number of rotatable bonds is 4. The summed E-state index contributed by atoms with van der Waals surface area (Å²) < 4.78 is 1.88. The quantitative estimate of drug-likeness (QED) is 0.425. The van der Waals surface area contributed by atoms with Gasteiger partial charge >= 0.3 is 0 Å². The van der Waals surface area contributed by atoms with Crippen LogP contribution >= 0.6 is 24.0 Å². The average molecular weight is 467 g/mol. The zero-order valence-electron chi connectivity index (χ0n) is 16.1. The smallest absolute Gasteiger partial charge is 0.193 e. The molecule has 1 fully saturated rings. The van der Waals surface area contributed by atoms with Gasteiger partial charge in [0.2, 0.25) is 0 Å². The van der Waals surface area contributed by atoms with Crippen molar-refractivity contribution in [2.24, 2.45) is 12.0 Å². The minimum atomic E-state index is 0.